The maximum Gasteiger partial charge on any atom is 0.242 e. The summed E-state index contributed by atoms with van der Waals surface area (Å²) in [6.45, 7) is 1.31. The number of hydrogen-bond donors (Lipinski definition) is 2. The molecule has 1 aliphatic carbocycles. The zero-order valence-electron chi connectivity index (χ0n) is 19.0. The van der Waals surface area contributed by atoms with Crippen LogP contribution in [0.2, 0.25) is 0 Å². The van der Waals surface area contributed by atoms with E-state index < -0.39 is 16.2 Å². The highest BCUT2D eigenvalue weighted by Gasteiger charge is 2.31. The van der Waals surface area contributed by atoms with Gasteiger partial charge in [0.15, 0.2) is 5.65 Å². The van der Waals surface area contributed by atoms with Crippen molar-refractivity contribution < 1.29 is 17.9 Å². The van der Waals surface area contributed by atoms with E-state index in [1.165, 1.54) is 28.7 Å². The number of alkyl halides is 1. The Balaban J connectivity index is 1.36. The first-order valence-electron chi connectivity index (χ1n) is 11.5. The van der Waals surface area contributed by atoms with E-state index in [-0.39, 0.29) is 23.0 Å². The molecule has 11 heteroatoms. The van der Waals surface area contributed by atoms with Crippen LogP contribution in [0.25, 0.3) is 16.9 Å². The van der Waals surface area contributed by atoms with Crippen molar-refractivity contribution in [1.29, 1.82) is 0 Å². The fraction of sp³-hybridized carbons (Fsp3) is 0.333. The Bertz CT molecular complexity index is 1420. The molecule has 1 fully saturated rings. The van der Waals surface area contributed by atoms with Crippen LogP contribution in [0.4, 0.5) is 10.2 Å². The molecule has 3 heterocycles. The van der Waals surface area contributed by atoms with Crippen LogP contribution in [0.15, 0.2) is 59.7 Å². The topological polar surface area (TPSA) is 99.8 Å². The maximum absolute atomic E-state index is 13.4. The van der Waals surface area contributed by atoms with Gasteiger partial charge in [0, 0.05) is 43.9 Å². The Hall–Kier alpha value is -3.18. The second-order valence-electron chi connectivity index (χ2n) is 8.85. The highest BCUT2D eigenvalue weighted by molar-refractivity contribution is 7.93. The van der Waals surface area contributed by atoms with Crippen molar-refractivity contribution >= 4 is 34.8 Å². The van der Waals surface area contributed by atoms with Gasteiger partial charge in [0.1, 0.15) is 25.6 Å². The van der Waals surface area contributed by atoms with E-state index in [0.717, 1.165) is 12.8 Å². The predicted molar refractivity (Wildman–Crippen MR) is 134 cm³/mol. The molecule has 2 unspecified atom stereocenters. The van der Waals surface area contributed by atoms with Crippen molar-refractivity contribution in [3.63, 3.8) is 0 Å². The molecule has 2 N–H and O–H groups in total. The molecule has 2 radical (unpaired) electrons. The summed E-state index contributed by atoms with van der Waals surface area (Å²) in [6, 6.07) is 8.71. The van der Waals surface area contributed by atoms with Gasteiger partial charge in [0.25, 0.3) is 0 Å². The molecular weight excluding hydrogens is 468 g/mol. The van der Waals surface area contributed by atoms with Crippen molar-refractivity contribution in [2.24, 2.45) is 5.92 Å². The summed E-state index contributed by atoms with van der Waals surface area (Å²) in [5, 5.41) is 18.0. The van der Waals surface area contributed by atoms with Gasteiger partial charge < -0.3 is 10.4 Å². The lowest BCUT2D eigenvalue weighted by atomic mass is 9.99. The first-order chi connectivity index (χ1) is 16.8. The Morgan fingerprint density at radius 2 is 2.11 bits per heavy atom. The Morgan fingerprint density at radius 3 is 2.89 bits per heavy atom. The quantitative estimate of drug-likeness (QED) is 0.512. The average Bonchev–Trinajstić information content (AvgIpc) is 3.24. The fourth-order valence-corrected chi connectivity index (χ4v) is 6.14. The van der Waals surface area contributed by atoms with E-state index in [1.54, 1.807) is 28.8 Å². The van der Waals surface area contributed by atoms with Gasteiger partial charge in [-0.25, -0.2) is 17.8 Å². The summed E-state index contributed by atoms with van der Waals surface area (Å²) in [7, 11) is 2.41. The minimum atomic E-state index is -3.66. The largest absolute Gasteiger partial charge is 0.507 e. The highest BCUT2D eigenvalue weighted by Crippen LogP contribution is 2.30. The molecule has 0 spiro atoms. The number of hydrogen-bond acceptors (Lipinski definition) is 6. The molecule has 35 heavy (non-hydrogen) atoms. The number of para-hydroxylation sites is 1. The van der Waals surface area contributed by atoms with Crippen LogP contribution in [-0.4, -0.2) is 66.1 Å². The molecule has 5 rings (SSSR count). The Morgan fingerprint density at radius 1 is 1.29 bits per heavy atom. The van der Waals surface area contributed by atoms with E-state index in [9.17, 15) is 17.9 Å². The van der Waals surface area contributed by atoms with E-state index in [0.29, 0.717) is 47.8 Å². The summed E-state index contributed by atoms with van der Waals surface area (Å²) in [6.07, 6.45) is 6.17. The lowest BCUT2D eigenvalue weighted by Gasteiger charge is -2.32. The molecule has 1 aromatic carbocycles. The molecule has 180 valence electrons. The number of rotatable bonds is 6. The molecule has 8 nitrogen and oxygen atoms in total. The lowest BCUT2D eigenvalue weighted by molar-refractivity contribution is 0.277. The molecule has 2 aromatic heterocycles. The van der Waals surface area contributed by atoms with E-state index in [1.807, 2.05) is 6.07 Å². The smallest absolute Gasteiger partial charge is 0.242 e. The van der Waals surface area contributed by atoms with E-state index in [2.05, 4.69) is 15.4 Å². The van der Waals surface area contributed by atoms with Gasteiger partial charge in [-0.05, 0) is 48.5 Å². The number of benzene rings is 1. The molecule has 0 bridgehead atoms. The van der Waals surface area contributed by atoms with Crippen molar-refractivity contribution in [2.75, 3.05) is 25.0 Å². The van der Waals surface area contributed by atoms with E-state index in [4.69, 9.17) is 7.85 Å². The third-order valence-corrected chi connectivity index (χ3v) is 8.29. The second-order valence-corrected chi connectivity index (χ2v) is 10.8. The number of nitrogens with one attached hydrogen (secondary N) is 1. The summed E-state index contributed by atoms with van der Waals surface area (Å²) >= 11 is 0. The van der Waals surface area contributed by atoms with Gasteiger partial charge in [0.2, 0.25) is 10.0 Å². The third kappa shape index (κ3) is 4.70. The molecule has 1 saturated heterocycles. The van der Waals surface area contributed by atoms with Crippen LogP contribution in [0.5, 0.6) is 5.75 Å². The van der Waals surface area contributed by atoms with Crippen LogP contribution in [0.3, 0.4) is 0 Å². The zero-order chi connectivity index (χ0) is 24.6. The first-order valence-corrected chi connectivity index (χ1v) is 13.0. The SMILES string of the molecule is [B]c1cnn2c(NCC3CCCN(S(=O)(=O)C4=CCC(F)C=C4)C3)cc(-c3ccccc3O)nc12. The minimum Gasteiger partial charge on any atom is -0.507 e. The van der Waals surface area contributed by atoms with Gasteiger partial charge in [-0.3, -0.25) is 0 Å². The van der Waals surface area contributed by atoms with Gasteiger partial charge in [-0.2, -0.15) is 13.9 Å². The summed E-state index contributed by atoms with van der Waals surface area (Å²) < 4.78 is 42.6. The molecule has 0 amide bonds. The second kappa shape index (κ2) is 9.46. The van der Waals surface area contributed by atoms with Crippen LogP contribution in [0.1, 0.15) is 19.3 Å². The third-order valence-electron chi connectivity index (χ3n) is 6.38. The number of aromatic hydroxyl groups is 1. The van der Waals surface area contributed by atoms with Crippen LogP contribution in [-0.2, 0) is 10.0 Å². The van der Waals surface area contributed by atoms with Crippen LogP contribution >= 0.6 is 0 Å². The summed E-state index contributed by atoms with van der Waals surface area (Å²) in [5.74, 6) is 0.800. The number of aromatic nitrogens is 3. The monoisotopic (exact) mass is 493 g/mol. The number of halogens is 1. The molecule has 0 saturated carbocycles. The van der Waals surface area contributed by atoms with Crippen molar-refractivity contribution in [1.82, 2.24) is 18.9 Å². The van der Waals surface area contributed by atoms with Crippen molar-refractivity contribution in [3.8, 4) is 17.0 Å². The van der Waals surface area contributed by atoms with Gasteiger partial charge >= 0.3 is 0 Å². The number of sulfonamides is 1. The molecule has 1 aliphatic heterocycles. The summed E-state index contributed by atoms with van der Waals surface area (Å²) in [4.78, 5) is 4.73. The number of anilines is 1. The van der Waals surface area contributed by atoms with E-state index >= 15 is 0 Å². The fourth-order valence-electron chi connectivity index (χ4n) is 4.51. The van der Waals surface area contributed by atoms with Gasteiger partial charge in [-0.15, -0.1) is 0 Å². The number of phenolic OH excluding ortho intramolecular Hbond substituents is 1. The van der Waals surface area contributed by atoms with Gasteiger partial charge in [-0.1, -0.05) is 18.2 Å². The van der Waals surface area contributed by atoms with Gasteiger partial charge in [0.05, 0.1) is 10.6 Å². The number of fused-ring (bicyclic) bond motifs is 1. The first kappa shape index (κ1) is 23.6. The normalized spacial score (nSPS) is 21.2. The van der Waals surface area contributed by atoms with Crippen molar-refractivity contribution in [3.05, 3.63) is 59.7 Å². The number of piperidine rings is 1. The Labute approximate surface area is 204 Å². The lowest BCUT2D eigenvalue weighted by Crippen LogP contribution is -2.42. The zero-order valence-corrected chi connectivity index (χ0v) is 19.8. The highest BCUT2D eigenvalue weighted by atomic mass is 32.2. The standard InChI is InChI=1S/C24H25BFN5O3S/c25-20-14-28-31-23(12-21(29-24(20)31)19-5-1-2-6-22(19)32)27-13-16-4-3-11-30(15-16)35(33,34)18-9-7-17(26)8-10-18/h1-2,5-7,9-10,12,14,16-17,27,32H,3-4,8,11,13,15H2. The molecule has 2 aliphatic rings. The maximum atomic E-state index is 13.4. The van der Waals surface area contributed by atoms with Crippen molar-refractivity contribution in [2.45, 2.75) is 25.4 Å². The summed E-state index contributed by atoms with van der Waals surface area (Å²) in [5.41, 5.74) is 1.98. The Kier molecular flexibility index (Phi) is 6.37. The number of nitrogens with zero attached hydrogens (tertiary/aromatic N) is 4. The number of phenols is 1. The van der Waals surface area contributed by atoms with Crippen LogP contribution in [0, 0.1) is 5.92 Å². The van der Waals surface area contributed by atoms with Crippen LogP contribution < -0.4 is 10.8 Å². The number of allylic oxidation sites excluding steroid dienone is 3. The molecule has 3 aromatic rings. The molecular formula is C24H25BFN5O3S. The minimum absolute atomic E-state index is 0.0605. The molecule has 2 atom stereocenters. The predicted octanol–water partition coefficient (Wildman–Crippen LogP) is 2.53. The average molecular weight is 493 g/mol.